The van der Waals surface area contributed by atoms with Gasteiger partial charge in [-0.25, -0.2) is 29.9 Å². The van der Waals surface area contributed by atoms with Crippen LogP contribution in [0.25, 0.3) is 129 Å². The predicted molar refractivity (Wildman–Crippen MR) is 314 cm³/mol. The number of pyridine rings is 1. The molecule has 13 rings (SSSR count). The van der Waals surface area contributed by atoms with E-state index in [2.05, 4.69) is 0 Å². The van der Waals surface area contributed by atoms with E-state index in [-0.39, 0.29) is 62.4 Å². The average Bonchev–Trinajstić information content (AvgIpc) is 1.65. The number of fused-ring (bicyclic) bond motifs is 3. The zero-order valence-electron chi connectivity index (χ0n) is 45.6. The summed E-state index contributed by atoms with van der Waals surface area (Å²) < 4.78 is 176. The van der Waals surface area contributed by atoms with E-state index in [1.54, 1.807) is 34.9 Å². The quantitative estimate of drug-likeness (QED) is 0.126. The second-order valence-corrected chi connectivity index (χ2v) is 20.5. The highest BCUT2D eigenvalue weighted by Gasteiger charge is 2.40. The molecule has 20 heteroatoms. The number of benzene rings is 9. The number of rotatable bonds is 10. The Morgan fingerprint density at radius 1 is 0.270 bits per heavy atom. The van der Waals surface area contributed by atoms with Crippen LogP contribution in [0.2, 0.25) is 0 Å². The number of hydrogen-bond donors (Lipinski definition) is 0. The van der Waals surface area contributed by atoms with Crippen LogP contribution in [0, 0.1) is 0 Å². The van der Waals surface area contributed by atoms with Gasteiger partial charge in [-0.2, -0.15) is 52.7 Å². The van der Waals surface area contributed by atoms with E-state index in [4.69, 9.17) is 34.9 Å². The fraction of sp³-hybridized carbons (Fsp3) is 0.0580. The van der Waals surface area contributed by atoms with E-state index >= 15 is 0 Å². The van der Waals surface area contributed by atoms with Crippen LogP contribution >= 0.6 is 0 Å². The Kier molecular flexibility index (Phi) is 14.2. The van der Waals surface area contributed by atoms with Gasteiger partial charge >= 0.3 is 24.7 Å². The standard InChI is InChI=1S/C69H38F12N8/c70-66(71,72)46-26-28-48(54(37-46)68(76,77)78)43-23-30-56-51(34-43)52-35-44(49-29-27-47(67(73,74)75)38-55(49)69(79,80)81)24-31-57(52)89(56)58-32-25-45(64-85-60(39-14-5-1-6-15-39)83-61(86-64)40-16-7-2-8-17-40)36-53(58)59-50(22-13-33-82-59)65-87-62(41-18-9-3-10-19-41)84-63(88-65)42-20-11-4-12-21-42/h1-38H. The van der Waals surface area contributed by atoms with Crippen LogP contribution < -0.4 is 0 Å². The van der Waals surface area contributed by atoms with Gasteiger partial charge < -0.3 is 4.57 Å². The summed E-state index contributed by atoms with van der Waals surface area (Å²) in [6.45, 7) is 0. The molecule has 0 N–H and O–H groups in total. The summed E-state index contributed by atoms with van der Waals surface area (Å²) in [5.74, 6) is 1.63. The molecule has 89 heavy (non-hydrogen) atoms. The van der Waals surface area contributed by atoms with Crippen LogP contribution in [0.15, 0.2) is 231 Å². The van der Waals surface area contributed by atoms with Crippen molar-refractivity contribution in [1.82, 2.24) is 39.5 Å². The molecule has 4 heterocycles. The monoisotopic (exact) mass is 1210 g/mol. The number of halogens is 12. The molecule has 0 aliphatic rings. The number of alkyl halides is 12. The van der Waals surface area contributed by atoms with Crippen molar-refractivity contribution < 1.29 is 52.7 Å². The SMILES string of the molecule is FC(F)(F)c1ccc(-c2ccc3c(c2)c2cc(-c4ccc(C(F)(F)F)cc4C(F)(F)F)ccc2n3-c2ccc(-c3nc(-c4ccccc4)nc(-c4ccccc4)n3)cc2-c2ncccc2-c2nc(-c3ccccc3)nc(-c3ccccc3)n2)c(C(F)(F)F)c1. The van der Waals surface area contributed by atoms with Crippen LogP contribution in [-0.4, -0.2) is 39.5 Å². The third-order valence-corrected chi connectivity index (χ3v) is 14.9. The first-order valence-electron chi connectivity index (χ1n) is 27.1. The van der Waals surface area contributed by atoms with Crippen LogP contribution in [-0.2, 0) is 24.7 Å². The summed E-state index contributed by atoms with van der Waals surface area (Å²) >= 11 is 0. The van der Waals surface area contributed by atoms with Gasteiger partial charge in [0, 0.05) is 55.9 Å². The van der Waals surface area contributed by atoms with E-state index in [9.17, 15) is 52.7 Å². The third-order valence-electron chi connectivity index (χ3n) is 14.9. The van der Waals surface area contributed by atoms with Gasteiger partial charge in [-0.15, -0.1) is 0 Å². The first-order chi connectivity index (χ1) is 42.6. The lowest BCUT2D eigenvalue weighted by atomic mass is 9.94. The molecular weight excluding hydrogens is 1170 g/mol. The lowest BCUT2D eigenvalue weighted by Gasteiger charge is -2.18. The minimum absolute atomic E-state index is 0.00127. The van der Waals surface area contributed by atoms with Crippen molar-refractivity contribution in [3.63, 3.8) is 0 Å². The Morgan fingerprint density at radius 2 is 0.640 bits per heavy atom. The summed E-state index contributed by atoms with van der Waals surface area (Å²) in [4.78, 5) is 34.8. The molecule has 0 amide bonds. The highest BCUT2D eigenvalue weighted by Crippen LogP contribution is 2.47. The molecule has 0 saturated carbocycles. The average molecular weight is 1210 g/mol. The van der Waals surface area contributed by atoms with Gasteiger partial charge in [-0.05, 0) is 101 Å². The third kappa shape index (κ3) is 11.2. The van der Waals surface area contributed by atoms with Gasteiger partial charge in [0.15, 0.2) is 34.9 Å². The van der Waals surface area contributed by atoms with Crippen LogP contribution in [0.4, 0.5) is 52.7 Å². The molecule has 8 nitrogen and oxygen atoms in total. The normalized spacial score (nSPS) is 12.3. The molecule has 0 bridgehead atoms. The molecule has 0 radical (unpaired) electrons. The number of aromatic nitrogens is 8. The fourth-order valence-corrected chi connectivity index (χ4v) is 10.8. The predicted octanol–water partition coefficient (Wildman–Crippen LogP) is 19.6. The second-order valence-electron chi connectivity index (χ2n) is 20.5. The van der Waals surface area contributed by atoms with E-state index < -0.39 is 58.1 Å². The maximum Gasteiger partial charge on any atom is 0.417 e. The zero-order valence-corrected chi connectivity index (χ0v) is 45.6. The smallest absolute Gasteiger partial charge is 0.309 e. The maximum atomic E-state index is 15.0. The highest BCUT2D eigenvalue weighted by molar-refractivity contribution is 6.12. The van der Waals surface area contributed by atoms with Crippen LogP contribution in [0.3, 0.4) is 0 Å². The molecule has 0 saturated heterocycles. The second kappa shape index (κ2) is 22.1. The van der Waals surface area contributed by atoms with Crippen molar-refractivity contribution in [3.05, 3.63) is 253 Å². The van der Waals surface area contributed by atoms with Crippen molar-refractivity contribution in [2.45, 2.75) is 24.7 Å². The molecule has 0 spiro atoms. The van der Waals surface area contributed by atoms with Gasteiger partial charge in [0.1, 0.15) is 0 Å². The molecular formula is C69H38F12N8. The summed E-state index contributed by atoms with van der Waals surface area (Å²) in [6.07, 6.45) is -19.4. The van der Waals surface area contributed by atoms with E-state index in [1.165, 1.54) is 42.6 Å². The van der Waals surface area contributed by atoms with Gasteiger partial charge in [0.05, 0.1) is 44.7 Å². The van der Waals surface area contributed by atoms with Crippen molar-refractivity contribution in [2.24, 2.45) is 0 Å². The lowest BCUT2D eigenvalue weighted by molar-refractivity contribution is -0.144. The number of nitrogens with zero attached hydrogens (tertiary/aromatic N) is 8. The molecule has 13 aromatic rings. The Morgan fingerprint density at radius 3 is 1.02 bits per heavy atom. The topological polar surface area (TPSA) is 95.2 Å². The highest BCUT2D eigenvalue weighted by atomic mass is 19.4. The first-order valence-corrected chi connectivity index (χ1v) is 27.1. The lowest BCUT2D eigenvalue weighted by Crippen LogP contribution is -2.12. The molecule has 4 aromatic heterocycles. The van der Waals surface area contributed by atoms with E-state index in [0.717, 1.165) is 0 Å². The fourth-order valence-electron chi connectivity index (χ4n) is 10.8. The van der Waals surface area contributed by atoms with Crippen molar-refractivity contribution in [3.8, 4) is 108 Å². The minimum Gasteiger partial charge on any atom is -0.309 e. The molecule has 0 fully saturated rings. The summed E-state index contributed by atoms with van der Waals surface area (Å²) in [6, 6.07) is 55.7. The zero-order chi connectivity index (χ0) is 62.0. The van der Waals surface area contributed by atoms with Crippen molar-refractivity contribution in [2.75, 3.05) is 0 Å². The van der Waals surface area contributed by atoms with Crippen LogP contribution in [0.5, 0.6) is 0 Å². The Balaban J connectivity index is 1.11. The number of hydrogen-bond acceptors (Lipinski definition) is 7. The molecule has 438 valence electrons. The Hall–Kier alpha value is -10.9. The van der Waals surface area contributed by atoms with Crippen LogP contribution in [0.1, 0.15) is 22.3 Å². The molecule has 0 aliphatic carbocycles. The Labute approximate surface area is 497 Å². The van der Waals surface area contributed by atoms with E-state index in [0.29, 0.717) is 92.2 Å². The molecule has 0 atom stereocenters. The minimum atomic E-state index is -5.31. The summed E-state index contributed by atoms with van der Waals surface area (Å²) in [5, 5.41) is 0.165. The first kappa shape index (κ1) is 57.2. The molecule has 0 aliphatic heterocycles. The molecule has 0 unspecified atom stereocenters. The summed E-state index contributed by atoms with van der Waals surface area (Å²) in [7, 11) is 0. The summed E-state index contributed by atoms with van der Waals surface area (Å²) in [5.41, 5.74) is -3.43. The van der Waals surface area contributed by atoms with E-state index in [1.807, 2.05) is 121 Å². The van der Waals surface area contributed by atoms with Crippen molar-refractivity contribution in [1.29, 1.82) is 0 Å². The maximum absolute atomic E-state index is 15.0. The molecule has 9 aromatic carbocycles. The van der Waals surface area contributed by atoms with Gasteiger partial charge in [0.25, 0.3) is 0 Å². The van der Waals surface area contributed by atoms with Crippen molar-refractivity contribution >= 4 is 21.8 Å². The largest absolute Gasteiger partial charge is 0.417 e. The Bertz CT molecular complexity index is 4590. The van der Waals surface area contributed by atoms with Gasteiger partial charge in [-0.1, -0.05) is 146 Å². The van der Waals surface area contributed by atoms with Gasteiger partial charge in [0.2, 0.25) is 0 Å². The van der Waals surface area contributed by atoms with Gasteiger partial charge in [-0.3, -0.25) is 4.98 Å².